The van der Waals surface area contributed by atoms with E-state index in [4.69, 9.17) is 32.7 Å². The van der Waals surface area contributed by atoms with Gasteiger partial charge in [0.05, 0.1) is 48.5 Å². The lowest BCUT2D eigenvalue weighted by Crippen LogP contribution is -2.56. The minimum atomic E-state index is -1.40. The van der Waals surface area contributed by atoms with E-state index in [9.17, 15) is 18.6 Å². The summed E-state index contributed by atoms with van der Waals surface area (Å²) in [5.41, 5.74) is 1.10. The van der Waals surface area contributed by atoms with Gasteiger partial charge in [-0.2, -0.15) is 0 Å². The van der Waals surface area contributed by atoms with Crippen molar-refractivity contribution in [2.24, 2.45) is 0 Å². The van der Waals surface area contributed by atoms with Crippen molar-refractivity contribution >= 4 is 51.8 Å². The first-order valence-electron chi connectivity index (χ1n) is 17.1. The third-order valence-electron chi connectivity index (χ3n) is 10.8. The summed E-state index contributed by atoms with van der Waals surface area (Å²) in [4.78, 5) is 48.9. The van der Waals surface area contributed by atoms with Crippen molar-refractivity contribution in [3.8, 4) is 0 Å². The zero-order valence-corrected chi connectivity index (χ0v) is 31.0. The summed E-state index contributed by atoms with van der Waals surface area (Å²) in [5.74, 6) is -2.57. The number of allylic oxidation sites excluding steroid dienone is 1. The summed E-state index contributed by atoms with van der Waals surface area (Å²) in [6.45, 7) is 2.73. The fourth-order valence-electron chi connectivity index (χ4n) is 8.09. The lowest BCUT2D eigenvalue weighted by Gasteiger charge is -2.45. The maximum Gasteiger partial charge on any atom is 0.336 e. The molecule has 13 heteroatoms. The van der Waals surface area contributed by atoms with Crippen molar-refractivity contribution in [3.63, 3.8) is 0 Å². The number of rotatable bonds is 10. The number of piperidine rings is 1. The first-order valence-corrected chi connectivity index (χ1v) is 19.2. The minimum absolute atomic E-state index is 0.0459. The van der Waals surface area contributed by atoms with Gasteiger partial charge in [-0.25, -0.2) is 9.59 Å². The second kappa shape index (κ2) is 16.0. The van der Waals surface area contributed by atoms with Crippen LogP contribution in [-0.4, -0.2) is 108 Å². The molecule has 0 radical (unpaired) electrons. The monoisotopic (exact) mass is 742 g/mol. The second-order valence-electron chi connectivity index (χ2n) is 13.3. The number of fused-ring (bicyclic) bond motifs is 2. The van der Waals surface area contributed by atoms with Crippen LogP contribution in [0.5, 0.6) is 0 Å². The molecule has 2 aromatic carbocycles. The first-order chi connectivity index (χ1) is 24.1. The van der Waals surface area contributed by atoms with Crippen LogP contribution >= 0.6 is 23.2 Å². The van der Waals surface area contributed by atoms with Gasteiger partial charge < -0.3 is 24.6 Å². The van der Waals surface area contributed by atoms with E-state index < -0.39 is 28.7 Å². The zero-order chi connectivity index (χ0) is 35.5. The predicted molar refractivity (Wildman–Crippen MR) is 193 cm³/mol. The fourth-order valence-corrected chi connectivity index (χ4v) is 9.79. The van der Waals surface area contributed by atoms with E-state index in [1.165, 1.54) is 39.9 Å². The molecule has 0 spiro atoms. The highest BCUT2D eigenvalue weighted by Crippen LogP contribution is 2.46. The molecule has 4 unspecified atom stereocenters. The number of hydrogen-bond donors (Lipinski definition) is 1. The van der Waals surface area contributed by atoms with E-state index in [1.54, 1.807) is 30.3 Å². The molecule has 0 aromatic heterocycles. The molecule has 1 amide bonds. The van der Waals surface area contributed by atoms with Crippen molar-refractivity contribution < 1.29 is 28.1 Å². The Morgan fingerprint density at radius 2 is 1.40 bits per heavy atom. The van der Waals surface area contributed by atoms with Crippen LogP contribution in [-0.2, 0) is 34.7 Å². The Balaban J connectivity index is 1.30. The summed E-state index contributed by atoms with van der Waals surface area (Å²) in [6.07, 6.45) is 4.85. The molecule has 2 bridgehead atoms. The number of piperazine rings is 1. The molecule has 10 nitrogen and oxygen atoms in total. The summed E-state index contributed by atoms with van der Waals surface area (Å²) in [6, 6.07) is 15.8. The van der Waals surface area contributed by atoms with Crippen LogP contribution in [0.4, 0.5) is 0 Å². The van der Waals surface area contributed by atoms with Crippen LogP contribution in [0.1, 0.15) is 50.0 Å². The lowest BCUT2D eigenvalue weighted by atomic mass is 9.79. The minimum Gasteiger partial charge on any atom is -0.466 e. The van der Waals surface area contributed by atoms with Gasteiger partial charge >= 0.3 is 11.9 Å². The first kappa shape index (κ1) is 36.6. The lowest BCUT2D eigenvalue weighted by molar-refractivity contribution is -0.137. The van der Waals surface area contributed by atoms with Gasteiger partial charge in [-0.1, -0.05) is 47.5 Å². The summed E-state index contributed by atoms with van der Waals surface area (Å²) in [5, 5.41) is 3.71. The summed E-state index contributed by atoms with van der Waals surface area (Å²) >= 11 is 13.5. The maximum atomic E-state index is 14.0. The molecule has 2 aromatic rings. The average molecular weight is 744 g/mol. The number of carbonyl (C=O) groups is 3. The smallest absolute Gasteiger partial charge is 0.336 e. The number of ether oxygens (including phenoxy) is 2. The van der Waals surface area contributed by atoms with Crippen LogP contribution in [0.15, 0.2) is 76.0 Å². The largest absolute Gasteiger partial charge is 0.466 e. The Hall–Kier alpha value is -3.22. The van der Waals surface area contributed by atoms with Gasteiger partial charge in [-0.15, -0.1) is 0 Å². The van der Waals surface area contributed by atoms with Gasteiger partial charge in [-0.3, -0.25) is 13.9 Å². The normalized spacial score (nSPS) is 24.9. The topological polar surface area (TPSA) is 108 Å². The number of nitrogens with zero attached hydrogens (tertiary/aromatic N) is 3. The number of carbonyl (C=O) groups excluding carboxylic acids is 3. The number of nitrogens with one attached hydrogen (secondary N) is 1. The van der Waals surface area contributed by atoms with Crippen LogP contribution in [0.25, 0.3) is 0 Å². The molecular formula is C37H44Cl2N4O6S. The number of benzene rings is 2. The highest BCUT2D eigenvalue weighted by molar-refractivity contribution is 7.85. The van der Waals surface area contributed by atoms with Gasteiger partial charge in [0, 0.05) is 82.0 Å². The number of dihydropyridines is 1. The van der Waals surface area contributed by atoms with Gasteiger partial charge in [0.2, 0.25) is 5.91 Å². The Morgan fingerprint density at radius 1 is 0.820 bits per heavy atom. The van der Waals surface area contributed by atoms with E-state index in [0.717, 1.165) is 13.1 Å². The number of halogens is 2. The van der Waals surface area contributed by atoms with E-state index in [2.05, 4.69) is 22.2 Å². The van der Waals surface area contributed by atoms with Crippen LogP contribution in [0.2, 0.25) is 10.0 Å². The average Bonchev–Trinajstić information content (AvgIpc) is 3.31. The second-order valence-corrected chi connectivity index (χ2v) is 15.7. The van der Waals surface area contributed by atoms with Crippen molar-refractivity contribution in [2.45, 2.75) is 67.5 Å². The van der Waals surface area contributed by atoms with Crippen molar-refractivity contribution in [3.05, 3.63) is 86.7 Å². The molecule has 50 heavy (non-hydrogen) atoms. The van der Waals surface area contributed by atoms with Crippen LogP contribution < -0.4 is 5.32 Å². The SMILES string of the molecule is COC(=O)C1=C(CCS(=O)c2ccccc2)NC(CC(=O)N2CCN(C3CC4CCC(C3)N4C)CC2)=C(C(=O)OC)C1c1c(Cl)cccc1Cl. The third kappa shape index (κ3) is 7.53. The highest BCUT2D eigenvalue weighted by Gasteiger charge is 2.43. The molecular weight excluding hydrogens is 699 g/mol. The van der Waals surface area contributed by atoms with Crippen molar-refractivity contribution in [1.29, 1.82) is 0 Å². The molecule has 4 heterocycles. The summed E-state index contributed by atoms with van der Waals surface area (Å²) < 4.78 is 23.8. The van der Waals surface area contributed by atoms with Gasteiger partial charge in [-0.05, 0) is 63.4 Å². The molecule has 0 saturated carbocycles. The van der Waals surface area contributed by atoms with Gasteiger partial charge in [0.25, 0.3) is 0 Å². The molecule has 4 atom stereocenters. The Labute approximate surface area is 306 Å². The van der Waals surface area contributed by atoms with E-state index >= 15 is 0 Å². The highest BCUT2D eigenvalue weighted by atomic mass is 35.5. The predicted octanol–water partition coefficient (Wildman–Crippen LogP) is 4.89. The molecule has 4 aliphatic rings. The Morgan fingerprint density at radius 3 is 1.98 bits per heavy atom. The van der Waals surface area contributed by atoms with Crippen molar-refractivity contribution in [2.75, 3.05) is 53.2 Å². The number of amides is 1. The third-order valence-corrected chi connectivity index (χ3v) is 12.8. The van der Waals surface area contributed by atoms with Crippen LogP contribution in [0.3, 0.4) is 0 Å². The van der Waals surface area contributed by atoms with E-state index in [1.807, 2.05) is 23.1 Å². The summed E-state index contributed by atoms with van der Waals surface area (Å²) in [7, 11) is 3.33. The molecule has 268 valence electrons. The molecule has 3 saturated heterocycles. The van der Waals surface area contributed by atoms with Gasteiger partial charge in [0.15, 0.2) is 0 Å². The zero-order valence-electron chi connectivity index (χ0n) is 28.7. The van der Waals surface area contributed by atoms with Gasteiger partial charge in [0.1, 0.15) is 0 Å². The Kier molecular flexibility index (Phi) is 11.7. The molecule has 4 aliphatic heterocycles. The quantitative estimate of drug-likeness (QED) is 0.341. The van der Waals surface area contributed by atoms with Crippen molar-refractivity contribution in [1.82, 2.24) is 20.0 Å². The number of hydrogen-bond acceptors (Lipinski definition) is 9. The van der Waals surface area contributed by atoms with E-state index in [0.29, 0.717) is 47.4 Å². The molecule has 3 fully saturated rings. The number of methoxy groups -OCH3 is 2. The van der Waals surface area contributed by atoms with E-state index in [-0.39, 0.29) is 51.4 Å². The standard InChI is InChI=1S/C37H44Cl2N4O6S/c1-41-23-12-13-24(41)21-25(20-23)42-15-17-43(18-16-42)31(44)22-30-34(37(46)49-3)35(32-27(38)10-7-11-28(32)39)33(36(45)48-2)29(40-30)14-19-50(47)26-8-5-4-6-9-26/h4-11,23-25,35,40H,12-22H2,1-3H3. The molecule has 6 rings (SSSR count). The Bertz CT molecular complexity index is 1680. The molecule has 0 aliphatic carbocycles. The fraction of sp³-hybridized carbons (Fsp3) is 0.486. The number of esters is 2. The maximum absolute atomic E-state index is 14.0. The van der Waals surface area contributed by atoms with Crippen LogP contribution in [0, 0.1) is 0 Å². The molecule has 1 N–H and O–H groups in total.